The van der Waals surface area contributed by atoms with E-state index in [2.05, 4.69) is 10.2 Å². The molecule has 0 amide bonds. The topological polar surface area (TPSA) is 75.2 Å². The molecule has 1 atom stereocenters. The van der Waals surface area contributed by atoms with E-state index < -0.39 is 5.97 Å². The maximum absolute atomic E-state index is 10.6. The second-order valence-corrected chi connectivity index (χ2v) is 2.72. The molecule has 5 heteroatoms. The average molecular weight is 168 g/mol. The molecule has 1 aliphatic rings. The van der Waals surface area contributed by atoms with E-state index in [9.17, 15) is 4.79 Å². The van der Waals surface area contributed by atoms with E-state index in [-0.39, 0.29) is 11.8 Å². The van der Waals surface area contributed by atoms with Gasteiger partial charge in [0.05, 0.1) is 18.4 Å². The molecule has 2 N–H and O–H groups in total. The maximum Gasteiger partial charge on any atom is 0.356 e. The van der Waals surface area contributed by atoms with Crippen molar-refractivity contribution in [1.29, 1.82) is 0 Å². The molecule has 0 bridgehead atoms. The van der Waals surface area contributed by atoms with Crippen LogP contribution in [0.15, 0.2) is 0 Å². The van der Waals surface area contributed by atoms with E-state index in [1.807, 2.05) is 6.92 Å². The van der Waals surface area contributed by atoms with E-state index >= 15 is 0 Å². The van der Waals surface area contributed by atoms with Crippen molar-refractivity contribution >= 4 is 5.97 Å². The van der Waals surface area contributed by atoms with Crippen LogP contribution in [0, 0.1) is 0 Å². The Bertz CT molecular complexity index is 331. The molecule has 0 aromatic carbocycles. The summed E-state index contributed by atoms with van der Waals surface area (Å²) in [6, 6.07) is 0. The van der Waals surface area contributed by atoms with E-state index in [4.69, 9.17) is 9.84 Å². The number of rotatable bonds is 1. The summed E-state index contributed by atoms with van der Waals surface area (Å²) < 4.78 is 5.22. The number of nitrogens with zero attached hydrogens (tertiary/aromatic N) is 1. The molecule has 0 fully saturated rings. The predicted molar refractivity (Wildman–Crippen MR) is 38.8 cm³/mol. The number of hydrogen-bond donors (Lipinski definition) is 2. The zero-order chi connectivity index (χ0) is 8.72. The second-order valence-electron chi connectivity index (χ2n) is 2.72. The first kappa shape index (κ1) is 7.30. The first-order valence-corrected chi connectivity index (χ1v) is 3.62. The third kappa shape index (κ3) is 0.831. The highest BCUT2D eigenvalue weighted by Crippen LogP contribution is 2.29. The summed E-state index contributed by atoms with van der Waals surface area (Å²) in [7, 11) is 0. The van der Waals surface area contributed by atoms with Gasteiger partial charge in [0.2, 0.25) is 0 Å². The molecule has 0 radical (unpaired) electrons. The molecule has 1 aromatic heterocycles. The predicted octanol–water partition coefficient (Wildman–Crippen LogP) is 0.699. The minimum atomic E-state index is -1.01. The zero-order valence-corrected chi connectivity index (χ0v) is 6.50. The van der Waals surface area contributed by atoms with Crippen LogP contribution in [0.25, 0.3) is 0 Å². The van der Waals surface area contributed by atoms with Gasteiger partial charge in [-0.1, -0.05) is 0 Å². The number of carboxylic acids is 1. The summed E-state index contributed by atoms with van der Waals surface area (Å²) in [5, 5.41) is 15.0. The van der Waals surface area contributed by atoms with Crippen LogP contribution >= 0.6 is 0 Å². The molecule has 2 heterocycles. The van der Waals surface area contributed by atoms with Gasteiger partial charge in [0.25, 0.3) is 0 Å². The lowest BCUT2D eigenvalue weighted by molar-refractivity contribution is 0.0657. The van der Waals surface area contributed by atoms with Gasteiger partial charge in [-0.25, -0.2) is 4.79 Å². The Hall–Kier alpha value is -1.36. The summed E-state index contributed by atoms with van der Waals surface area (Å²) >= 11 is 0. The third-order valence-corrected chi connectivity index (χ3v) is 1.99. The number of H-pyrrole nitrogens is 1. The fourth-order valence-corrected chi connectivity index (χ4v) is 1.33. The van der Waals surface area contributed by atoms with Crippen molar-refractivity contribution in [3.05, 3.63) is 17.0 Å². The number of ether oxygens (including phenoxy) is 1. The van der Waals surface area contributed by atoms with Crippen LogP contribution in [0.3, 0.4) is 0 Å². The van der Waals surface area contributed by atoms with Gasteiger partial charge in [0, 0.05) is 5.56 Å². The van der Waals surface area contributed by atoms with Crippen LogP contribution < -0.4 is 0 Å². The van der Waals surface area contributed by atoms with Crippen molar-refractivity contribution in [2.75, 3.05) is 0 Å². The highest BCUT2D eigenvalue weighted by Gasteiger charge is 2.27. The van der Waals surface area contributed by atoms with Crippen molar-refractivity contribution in [1.82, 2.24) is 10.2 Å². The number of aromatic amines is 1. The molecular formula is C7H8N2O3. The normalized spacial score (nSPS) is 20.9. The quantitative estimate of drug-likeness (QED) is 0.647. The van der Waals surface area contributed by atoms with Gasteiger partial charge >= 0.3 is 5.97 Å². The molecule has 0 saturated carbocycles. The molecular weight excluding hydrogens is 160 g/mol. The summed E-state index contributed by atoms with van der Waals surface area (Å²) in [5.74, 6) is -1.01. The highest BCUT2D eigenvalue weighted by atomic mass is 16.5. The van der Waals surface area contributed by atoms with E-state index in [0.29, 0.717) is 12.2 Å². The van der Waals surface area contributed by atoms with Crippen LogP contribution in [0.1, 0.15) is 34.8 Å². The van der Waals surface area contributed by atoms with Gasteiger partial charge in [0.1, 0.15) is 0 Å². The van der Waals surface area contributed by atoms with E-state index in [1.165, 1.54) is 0 Å². The molecule has 2 rings (SSSR count). The molecule has 0 aliphatic carbocycles. The minimum Gasteiger partial charge on any atom is -0.476 e. The Kier molecular flexibility index (Phi) is 1.41. The Labute approximate surface area is 68.4 Å². The molecule has 1 aliphatic heterocycles. The van der Waals surface area contributed by atoms with Crippen molar-refractivity contribution < 1.29 is 14.6 Å². The van der Waals surface area contributed by atoms with Gasteiger partial charge in [-0.15, -0.1) is 0 Å². The fraction of sp³-hybridized carbons (Fsp3) is 0.429. The van der Waals surface area contributed by atoms with Crippen LogP contribution in [0.4, 0.5) is 0 Å². The van der Waals surface area contributed by atoms with Crippen LogP contribution in [0.2, 0.25) is 0 Å². The van der Waals surface area contributed by atoms with Crippen LogP contribution in [-0.2, 0) is 11.3 Å². The Morgan fingerprint density at radius 2 is 2.58 bits per heavy atom. The Morgan fingerprint density at radius 1 is 1.83 bits per heavy atom. The average Bonchev–Trinajstić information content (AvgIpc) is 2.53. The molecule has 1 unspecified atom stereocenters. The van der Waals surface area contributed by atoms with Gasteiger partial charge in [0.15, 0.2) is 5.69 Å². The lowest BCUT2D eigenvalue weighted by atomic mass is 10.2. The number of hydrogen-bond acceptors (Lipinski definition) is 3. The number of carboxylic acid groups (broad SMARTS) is 1. The second kappa shape index (κ2) is 2.31. The number of nitrogens with one attached hydrogen (secondary N) is 1. The van der Waals surface area contributed by atoms with Gasteiger partial charge in [-0.05, 0) is 6.92 Å². The van der Waals surface area contributed by atoms with E-state index in [1.54, 1.807) is 0 Å². The molecule has 1 aromatic rings. The molecule has 5 nitrogen and oxygen atoms in total. The first-order chi connectivity index (χ1) is 5.70. The summed E-state index contributed by atoms with van der Waals surface area (Å²) in [6.45, 7) is 2.20. The largest absolute Gasteiger partial charge is 0.476 e. The maximum atomic E-state index is 10.6. The van der Waals surface area contributed by atoms with E-state index in [0.717, 1.165) is 5.69 Å². The highest BCUT2D eigenvalue weighted by molar-refractivity contribution is 5.87. The number of aromatic nitrogens is 2. The van der Waals surface area contributed by atoms with Crippen LogP contribution in [0.5, 0.6) is 0 Å². The molecule has 0 spiro atoms. The van der Waals surface area contributed by atoms with Gasteiger partial charge in [-0.2, -0.15) is 5.10 Å². The third-order valence-electron chi connectivity index (χ3n) is 1.99. The van der Waals surface area contributed by atoms with Crippen molar-refractivity contribution in [3.8, 4) is 0 Å². The van der Waals surface area contributed by atoms with Crippen molar-refractivity contribution in [3.63, 3.8) is 0 Å². The Balaban J connectivity index is 2.49. The number of aromatic carboxylic acids is 1. The summed E-state index contributed by atoms with van der Waals surface area (Å²) in [6.07, 6.45) is -0.0689. The van der Waals surface area contributed by atoms with Gasteiger partial charge in [-0.3, -0.25) is 5.10 Å². The van der Waals surface area contributed by atoms with Crippen LogP contribution in [-0.4, -0.2) is 21.3 Å². The lowest BCUT2D eigenvalue weighted by Crippen LogP contribution is -2.00. The van der Waals surface area contributed by atoms with Gasteiger partial charge < -0.3 is 9.84 Å². The first-order valence-electron chi connectivity index (χ1n) is 3.62. The molecule has 12 heavy (non-hydrogen) atoms. The number of fused-ring (bicyclic) bond motifs is 1. The summed E-state index contributed by atoms with van der Waals surface area (Å²) in [5.41, 5.74) is 1.54. The smallest absolute Gasteiger partial charge is 0.356 e. The fourth-order valence-electron chi connectivity index (χ4n) is 1.33. The monoisotopic (exact) mass is 168 g/mol. The van der Waals surface area contributed by atoms with Crippen molar-refractivity contribution in [2.24, 2.45) is 0 Å². The standard InChI is InChI=1S/C7H8N2O3/c1-3-5-4(2-12-3)6(7(10)11)9-8-5/h3H,2H2,1H3,(H,8,9)(H,10,11). The molecule has 0 saturated heterocycles. The Morgan fingerprint density at radius 3 is 3.25 bits per heavy atom. The SMILES string of the molecule is CC1OCc2c(C(=O)O)n[nH]c21. The minimum absolute atomic E-state index is 0.0689. The number of carbonyl (C=O) groups is 1. The zero-order valence-electron chi connectivity index (χ0n) is 6.50. The lowest BCUT2D eigenvalue weighted by Gasteiger charge is -1.98. The summed E-state index contributed by atoms with van der Waals surface area (Å²) in [4.78, 5) is 10.6. The van der Waals surface area contributed by atoms with Crippen molar-refractivity contribution in [2.45, 2.75) is 19.6 Å². The molecule has 64 valence electrons.